The van der Waals surface area contributed by atoms with Crippen LogP contribution in [0.5, 0.6) is 0 Å². The van der Waals surface area contributed by atoms with E-state index in [1.54, 1.807) is 32.9 Å². The molecule has 0 saturated heterocycles. The van der Waals surface area contributed by atoms with Gasteiger partial charge in [-0.15, -0.1) is 0 Å². The minimum absolute atomic E-state index is 0.219. The fourth-order valence-electron chi connectivity index (χ4n) is 1.90. The molecule has 0 saturated carbocycles. The largest absolute Gasteiger partial charge is 0.480 e. The number of aryl methyl sites for hydroxylation is 1. The fraction of sp³-hybridized carbons (Fsp3) is 0.500. The SMILES string of the molecule is CN(C(=O)OC(C)(C)C)[C@H](CCc1ccc(F)cc1)C(=O)O. The van der Waals surface area contributed by atoms with Gasteiger partial charge in [0.2, 0.25) is 0 Å². The van der Waals surface area contributed by atoms with Gasteiger partial charge >= 0.3 is 12.1 Å². The third-order valence-electron chi connectivity index (χ3n) is 3.05. The molecule has 0 aliphatic rings. The fourth-order valence-corrected chi connectivity index (χ4v) is 1.90. The summed E-state index contributed by atoms with van der Waals surface area (Å²) in [6.07, 6.45) is -0.0415. The Morgan fingerprint density at radius 3 is 2.27 bits per heavy atom. The Morgan fingerprint density at radius 2 is 1.82 bits per heavy atom. The number of carbonyl (C=O) groups is 2. The van der Waals surface area contributed by atoms with Crippen molar-refractivity contribution in [2.75, 3.05) is 7.05 Å². The van der Waals surface area contributed by atoms with Gasteiger partial charge in [-0.05, 0) is 51.3 Å². The lowest BCUT2D eigenvalue weighted by Gasteiger charge is -2.28. The second kappa shape index (κ2) is 7.24. The Bertz CT molecular complexity index is 522. The molecule has 0 unspecified atom stereocenters. The molecule has 22 heavy (non-hydrogen) atoms. The number of hydrogen-bond donors (Lipinski definition) is 1. The van der Waals surface area contributed by atoms with E-state index < -0.39 is 23.7 Å². The Kier molecular flexibility index (Phi) is 5.91. The number of rotatable bonds is 5. The van der Waals surface area contributed by atoms with E-state index in [1.807, 2.05) is 0 Å². The second-order valence-electron chi connectivity index (χ2n) is 6.11. The molecule has 0 aliphatic heterocycles. The molecule has 0 radical (unpaired) electrons. The minimum atomic E-state index is -1.10. The van der Waals surface area contributed by atoms with Crippen molar-refractivity contribution in [1.82, 2.24) is 4.90 Å². The smallest absolute Gasteiger partial charge is 0.410 e. The molecule has 1 amide bonds. The first kappa shape index (κ1) is 17.9. The third kappa shape index (κ3) is 5.71. The molecular weight excluding hydrogens is 289 g/mol. The monoisotopic (exact) mass is 311 g/mol. The van der Waals surface area contributed by atoms with Gasteiger partial charge in [0.25, 0.3) is 0 Å². The summed E-state index contributed by atoms with van der Waals surface area (Å²) in [5, 5.41) is 9.30. The van der Waals surface area contributed by atoms with Crippen LogP contribution in [0, 0.1) is 5.82 Å². The van der Waals surface area contributed by atoms with Crippen molar-refractivity contribution in [3.8, 4) is 0 Å². The lowest BCUT2D eigenvalue weighted by Crippen LogP contribution is -2.45. The first-order valence-corrected chi connectivity index (χ1v) is 7.03. The van der Waals surface area contributed by atoms with Gasteiger partial charge in [-0.1, -0.05) is 12.1 Å². The number of amides is 1. The normalized spacial score (nSPS) is 12.6. The maximum atomic E-state index is 12.8. The minimum Gasteiger partial charge on any atom is -0.480 e. The van der Waals surface area contributed by atoms with Gasteiger partial charge in [0.15, 0.2) is 0 Å². The third-order valence-corrected chi connectivity index (χ3v) is 3.05. The van der Waals surface area contributed by atoms with Gasteiger partial charge in [-0.25, -0.2) is 14.0 Å². The number of benzene rings is 1. The molecule has 122 valence electrons. The van der Waals surface area contributed by atoms with Crippen LogP contribution in [-0.2, 0) is 16.0 Å². The molecule has 1 aromatic carbocycles. The summed E-state index contributed by atoms with van der Waals surface area (Å²) in [5.74, 6) is -1.44. The Labute approximate surface area is 129 Å². The molecule has 0 aliphatic carbocycles. The van der Waals surface area contributed by atoms with Crippen molar-refractivity contribution in [3.63, 3.8) is 0 Å². The van der Waals surface area contributed by atoms with E-state index in [4.69, 9.17) is 4.74 Å². The highest BCUT2D eigenvalue weighted by Crippen LogP contribution is 2.14. The van der Waals surface area contributed by atoms with Crippen LogP contribution in [0.1, 0.15) is 32.8 Å². The molecule has 1 N–H and O–H groups in total. The van der Waals surface area contributed by atoms with Crippen molar-refractivity contribution < 1.29 is 23.8 Å². The van der Waals surface area contributed by atoms with E-state index in [0.717, 1.165) is 10.5 Å². The van der Waals surface area contributed by atoms with Crippen molar-refractivity contribution in [1.29, 1.82) is 0 Å². The number of ether oxygens (including phenoxy) is 1. The molecule has 0 bridgehead atoms. The van der Waals surface area contributed by atoms with Crippen molar-refractivity contribution >= 4 is 12.1 Å². The molecule has 1 atom stereocenters. The summed E-state index contributed by atoms with van der Waals surface area (Å²) in [5.41, 5.74) is 0.121. The van der Waals surface area contributed by atoms with Crippen LogP contribution in [0.4, 0.5) is 9.18 Å². The first-order chi connectivity index (χ1) is 10.1. The van der Waals surface area contributed by atoms with Crippen LogP contribution in [0.25, 0.3) is 0 Å². The zero-order valence-corrected chi connectivity index (χ0v) is 13.3. The lowest BCUT2D eigenvalue weighted by atomic mass is 10.0. The van der Waals surface area contributed by atoms with E-state index in [2.05, 4.69) is 0 Å². The van der Waals surface area contributed by atoms with E-state index in [1.165, 1.54) is 19.2 Å². The Morgan fingerprint density at radius 1 is 1.27 bits per heavy atom. The van der Waals surface area contributed by atoms with Crippen LogP contribution in [0.15, 0.2) is 24.3 Å². The summed E-state index contributed by atoms with van der Waals surface area (Å²) in [7, 11) is 1.40. The van der Waals surface area contributed by atoms with E-state index in [0.29, 0.717) is 6.42 Å². The van der Waals surface area contributed by atoms with E-state index >= 15 is 0 Å². The van der Waals surface area contributed by atoms with Gasteiger partial charge in [-0.2, -0.15) is 0 Å². The van der Waals surface area contributed by atoms with Gasteiger partial charge in [0.1, 0.15) is 17.5 Å². The molecule has 0 aromatic heterocycles. The topological polar surface area (TPSA) is 66.8 Å². The average Bonchev–Trinajstić information content (AvgIpc) is 2.38. The molecule has 1 aromatic rings. The molecule has 0 heterocycles. The Balaban J connectivity index is 2.70. The van der Waals surface area contributed by atoms with Crippen LogP contribution in [-0.4, -0.2) is 40.8 Å². The van der Waals surface area contributed by atoms with E-state index in [9.17, 15) is 19.1 Å². The van der Waals surface area contributed by atoms with Crippen LogP contribution >= 0.6 is 0 Å². The molecule has 5 nitrogen and oxygen atoms in total. The van der Waals surface area contributed by atoms with Gasteiger partial charge in [-0.3, -0.25) is 4.90 Å². The standard InChI is InChI=1S/C16H22FNO4/c1-16(2,3)22-15(21)18(4)13(14(19)20)10-7-11-5-8-12(17)9-6-11/h5-6,8-9,13H,7,10H2,1-4H3,(H,19,20)/t13-/m1/s1. The summed E-state index contributed by atoms with van der Waals surface area (Å²) in [4.78, 5) is 24.4. The molecule has 1 rings (SSSR count). The quantitative estimate of drug-likeness (QED) is 0.907. The van der Waals surface area contributed by atoms with Crippen molar-refractivity contribution in [2.45, 2.75) is 45.3 Å². The summed E-state index contributed by atoms with van der Waals surface area (Å²) in [6.45, 7) is 5.15. The predicted octanol–water partition coefficient (Wildman–Crippen LogP) is 3.08. The number of carboxylic acids is 1. The number of aliphatic carboxylic acids is 1. The molecule has 0 spiro atoms. The molecular formula is C16H22FNO4. The summed E-state index contributed by atoms with van der Waals surface area (Å²) < 4.78 is 18.0. The summed E-state index contributed by atoms with van der Waals surface area (Å²) >= 11 is 0. The lowest BCUT2D eigenvalue weighted by molar-refractivity contribution is -0.142. The van der Waals surface area contributed by atoms with Crippen LogP contribution < -0.4 is 0 Å². The maximum absolute atomic E-state index is 12.8. The van der Waals surface area contributed by atoms with Gasteiger partial charge in [0.05, 0.1) is 0 Å². The van der Waals surface area contributed by atoms with Crippen LogP contribution in [0.3, 0.4) is 0 Å². The van der Waals surface area contributed by atoms with Gasteiger partial charge < -0.3 is 9.84 Å². The van der Waals surface area contributed by atoms with E-state index in [-0.39, 0.29) is 12.2 Å². The number of nitrogens with zero attached hydrogens (tertiary/aromatic N) is 1. The Hall–Kier alpha value is -2.11. The number of hydrogen-bond acceptors (Lipinski definition) is 3. The zero-order chi connectivity index (χ0) is 16.9. The first-order valence-electron chi connectivity index (χ1n) is 7.03. The zero-order valence-electron chi connectivity index (χ0n) is 13.3. The predicted molar refractivity (Wildman–Crippen MR) is 80.1 cm³/mol. The second-order valence-corrected chi connectivity index (χ2v) is 6.11. The highest BCUT2D eigenvalue weighted by atomic mass is 19.1. The molecule has 0 fully saturated rings. The molecule has 6 heteroatoms. The van der Waals surface area contributed by atoms with Gasteiger partial charge in [0, 0.05) is 7.05 Å². The van der Waals surface area contributed by atoms with Crippen molar-refractivity contribution in [2.24, 2.45) is 0 Å². The number of carboxylic acid groups (broad SMARTS) is 1. The van der Waals surface area contributed by atoms with Crippen molar-refractivity contribution in [3.05, 3.63) is 35.6 Å². The maximum Gasteiger partial charge on any atom is 0.410 e. The highest BCUT2D eigenvalue weighted by Gasteiger charge is 2.29. The number of likely N-dealkylation sites (N-methyl/N-ethyl adjacent to an activating group) is 1. The number of halogens is 1. The average molecular weight is 311 g/mol. The number of carbonyl (C=O) groups excluding carboxylic acids is 1. The van der Waals surface area contributed by atoms with Crippen LogP contribution in [0.2, 0.25) is 0 Å². The highest BCUT2D eigenvalue weighted by molar-refractivity contribution is 5.80. The summed E-state index contributed by atoms with van der Waals surface area (Å²) in [6, 6.07) is 4.84.